The lowest BCUT2D eigenvalue weighted by Gasteiger charge is -2.36. The molecule has 2 unspecified atom stereocenters. The number of aromatic nitrogens is 2. The molecular formula is C22H25N3O3. The molecule has 6 heteroatoms. The predicted molar refractivity (Wildman–Crippen MR) is 107 cm³/mol. The highest BCUT2D eigenvalue weighted by molar-refractivity contribution is 5.94. The topological polar surface area (TPSA) is 56.1 Å². The van der Waals surface area contributed by atoms with Crippen LogP contribution in [0.3, 0.4) is 0 Å². The number of amides is 1. The lowest BCUT2D eigenvalue weighted by molar-refractivity contribution is -0.0387. The number of aryl methyl sites for hydroxylation is 1. The van der Waals surface area contributed by atoms with Crippen molar-refractivity contribution in [3.8, 4) is 5.75 Å². The van der Waals surface area contributed by atoms with Crippen molar-refractivity contribution in [2.75, 3.05) is 13.2 Å². The number of morpholine rings is 1. The van der Waals surface area contributed by atoms with Crippen LogP contribution in [0.15, 0.2) is 48.8 Å². The Bertz CT molecular complexity index is 998. The predicted octanol–water partition coefficient (Wildman–Crippen LogP) is 3.47. The van der Waals surface area contributed by atoms with Crippen LogP contribution >= 0.6 is 0 Å². The lowest BCUT2D eigenvalue weighted by atomic mass is 10.1. The number of benzene rings is 1. The van der Waals surface area contributed by atoms with Crippen molar-refractivity contribution in [1.29, 1.82) is 0 Å². The van der Waals surface area contributed by atoms with Gasteiger partial charge in [-0.2, -0.15) is 0 Å². The molecule has 0 bridgehead atoms. The van der Waals surface area contributed by atoms with Gasteiger partial charge in [-0.05, 0) is 50.6 Å². The van der Waals surface area contributed by atoms with Crippen LogP contribution in [-0.2, 0) is 11.3 Å². The summed E-state index contributed by atoms with van der Waals surface area (Å²) < 4.78 is 13.5. The van der Waals surface area contributed by atoms with Gasteiger partial charge < -0.3 is 18.8 Å². The van der Waals surface area contributed by atoms with Crippen LogP contribution < -0.4 is 4.74 Å². The van der Waals surface area contributed by atoms with Gasteiger partial charge in [0.25, 0.3) is 5.91 Å². The summed E-state index contributed by atoms with van der Waals surface area (Å²) in [6, 6.07) is 11.4. The van der Waals surface area contributed by atoms with Crippen molar-refractivity contribution in [2.24, 2.45) is 0 Å². The van der Waals surface area contributed by atoms with Crippen LogP contribution in [-0.4, -0.2) is 45.5 Å². The smallest absolute Gasteiger partial charge is 0.254 e. The zero-order valence-electron chi connectivity index (χ0n) is 16.5. The third kappa shape index (κ3) is 3.87. The van der Waals surface area contributed by atoms with Crippen molar-refractivity contribution < 1.29 is 14.3 Å². The Morgan fingerprint density at radius 1 is 1.25 bits per heavy atom. The molecule has 146 valence electrons. The maximum Gasteiger partial charge on any atom is 0.254 e. The van der Waals surface area contributed by atoms with Crippen molar-refractivity contribution in [1.82, 2.24) is 14.3 Å². The second-order valence-electron chi connectivity index (χ2n) is 7.47. The molecule has 0 radical (unpaired) electrons. The van der Waals surface area contributed by atoms with Gasteiger partial charge >= 0.3 is 0 Å². The van der Waals surface area contributed by atoms with Crippen LogP contribution in [0, 0.1) is 6.92 Å². The molecule has 3 heterocycles. The van der Waals surface area contributed by atoms with E-state index in [2.05, 4.69) is 4.98 Å². The van der Waals surface area contributed by atoms with E-state index in [4.69, 9.17) is 9.47 Å². The van der Waals surface area contributed by atoms with Gasteiger partial charge in [0.2, 0.25) is 0 Å². The summed E-state index contributed by atoms with van der Waals surface area (Å²) in [7, 11) is 0. The van der Waals surface area contributed by atoms with Crippen molar-refractivity contribution >= 4 is 11.6 Å². The van der Waals surface area contributed by atoms with Crippen molar-refractivity contribution in [3.63, 3.8) is 0 Å². The van der Waals surface area contributed by atoms with E-state index in [0.717, 1.165) is 11.3 Å². The van der Waals surface area contributed by atoms with Gasteiger partial charge in [-0.1, -0.05) is 12.1 Å². The number of rotatable bonds is 4. The van der Waals surface area contributed by atoms with Crippen LogP contribution in [0.4, 0.5) is 0 Å². The summed E-state index contributed by atoms with van der Waals surface area (Å²) >= 11 is 0. The Morgan fingerprint density at radius 3 is 2.96 bits per heavy atom. The number of hydrogen-bond acceptors (Lipinski definition) is 4. The van der Waals surface area contributed by atoms with Crippen LogP contribution in [0.25, 0.3) is 5.65 Å². The molecule has 1 aromatic carbocycles. The van der Waals surface area contributed by atoms with E-state index in [9.17, 15) is 4.79 Å². The standard InChI is InChI=1S/C22H25N3O3/c1-15-7-8-21-23-19(12-24(21)10-15)14-28-20-6-4-5-18(9-20)22(26)25-11-17(3)27-13-16(25)2/h4-10,12,16-17H,11,13-14H2,1-3H3. The fourth-order valence-electron chi connectivity index (χ4n) is 3.45. The summed E-state index contributed by atoms with van der Waals surface area (Å²) in [6.07, 6.45) is 4.06. The maximum atomic E-state index is 12.9. The Kier molecular flexibility index (Phi) is 5.05. The number of hydrogen-bond donors (Lipinski definition) is 0. The number of fused-ring (bicyclic) bond motifs is 1. The van der Waals surface area contributed by atoms with Gasteiger partial charge in [0.1, 0.15) is 18.0 Å². The monoisotopic (exact) mass is 379 g/mol. The molecule has 28 heavy (non-hydrogen) atoms. The summed E-state index contributed by atoms with van der Waals surface area (Å²) in [6.45, 7) is 7.57. The molecule has 3 aromatic rings. The first-order valence-corrected chi connectivity index (χ1v) is 9.59. The van der Waals surface area contributed by atoms with Crippen molar-refractivity contribution in [2.45, 2.75) is 39.5 Å². The van der Waals surface area contributed by atoms with Gasteiger partial charge in [-0.15, -0.1) is 0 Å². The highest BCUT2D eigenvalue weighted by Gasteiger charge is 2.28. The molecule has 0 N–H and O–H groups in total. The minimum atomic E-state index is 0.0105. The number of carbonyl (C=O) groups is 1. The summed E-state index contributed by atoms with van der Waals surface area (Å²) in [5, 5.41) is 0. The second-order valence-corrected chi connectivity index (χ2v) is 7.47. The third-order valence-electron chi connectivity index (χ3n) is 4.99. The molecule has 1 aliphatic rings. The van der Waals surface area contributed by atoms with Crippen LogP contribution in [0.2, 0.25) is 0 Å². The quantitative estimate of drug-likeness (QED) is 0.697. The van der Waals surface area contributed by atoms with E-state index >= 15 is 0 Å². The number of pyridine rings is 1. The third-order valence-corrected chi connectivity index (χ3v) is 4.99. The Morgan fingerprint density at radius 2 is 2.11 bits per heavy atom. The Labute approximate surface area is 164 Å². The molecule has 1 fully saturated rings. The summed E-state index contributed by atoms with van der Waals surface area (Å²) in [4.78, 5) is 19.4. The number of nitrogens with zero attached hydrogens (tertiary/aromatic N) is 3. The molecule has 4 rings (SSSR count). The average Bonchev–Trinajstić information content (AvgIpc) is 3.10. The fraction of sp³-hybridized carbons (Fsp3) is 0.364. The maximum absolute atomic E-state index is 12.9. The molecule has 2 atom stereocenters. The highest BCUT2D eigenvalue weighted by atomic mass is 16.5. The SMILES string of the molecule is Cc1ccc2nc(COc3cccc(C(=O)N4CC(C)OCC4C)c3)cn2c1. The average molecular weight is 379 g/mol. The first-order valence-electron chi connectivity index (χ1n) is 9.59. The molecule has 1 saturated heterocycles. The summed E-state index contributed by atoms with van der Waals surface area (Å²) in [5.74, 6) is 0.671. The zero-order valence-corrected chi connectivity index (χ0v) is 16.5. The Hall–Kier alpha value is -2.86. The molecule has 2 aromatic heterocycles. The van der Waals surface area contributed by atoms with Gasteiger partial charge in [0.15, 0.2) is 0 Å². The second kappa shape index (κ2) is 7.64. The van der Waals surface area contributed by atoms with Gasteiger partial charge in [-0.25, -0.2) is 4.98 Å². The normalized spacial score (nSPS) is 19.8. The molecular weight excluding hydrogens is 354 g/mol. The van der Waals surface area contributed by atoms with E-state index < -0.39 is 0 Å². The highest BCUT2D eigenvalue weighted by Crippen LogP contribution is 2.20. The van der Waals surface area contributed by atoms with Gasteiger partial charge in [-0.3, -0.25) is 4.79 Å². The first kappa shape index (κ1) is 18.5. The number of ether oxygens (including phenoxy) is 2. The molecule has 0 aliphatic carbocycles. The van der Waals surface area contributed by atoms with Gasteiger partial charge in [0, 0.05) is 24.5 Å². The Balaban J connectivity index is 1.46. The molecule has 0 spiro atoms. The number of carbonyl (C=O) groups excluding carboxylic acids is 1. The first-order chi connectivity index (χ1) is 13.5. The van der Waals surface area contributed by atoms with E-state index in [0.29, 0.717) is 31.1 Å². The minimum Gasteiger partial charge on any atom is -0.487 e. The summed E-state index contributed by atoms with van der Waals surface area (Å²) in [5.41, 5.74) is 3.54. The largest absolute Gasteiger partial charge is 0.487 e. The van der Waals surface area contributed by atoms with Gasteiger partial charge in [0.05, 0.1) is 24.4 Å². The van der Waals surface area contributed by atoms with E-state index in [-0.39, 0.29) is 18.1 Å². The van der Waals surface area contributed by atoms with Crippen LogP contribution in [0.5, 0.6) is 5.75 Å². The molecule has 6 nitrogen and oxygen atoms in total. The van der Waals surface area contributed by atoms with E-state index in [1.807, 2.05) is 72.8 Å². The van der Waals surface area contributed by atoms with Crippen LogP contribution in [0.1, 0.15) is 35.5 Å². The number of imidazole rings is 1. The van der Waals surface area contributed by atoms with E-state index in [1.165, 1.54) is 5.56 Å². The van der Waals surface area contributed by atoms with Crippen molar-refractivity contribution in [3.05, 3.63) is 65.6 Å². The molecule has 1 aliphatic heterocycles. The lowest BCUT2D eigenvalue weighted by Crippen LogP contribution is -2.50. The fourth-order valence-corrected chi connectivity index (χ4v) is 3.45. The van der Waals surface area contributed by atoms with E-state index in [1.54, 1.807) is 6.07 Å². The minimum absolute atomic E-state index is 0.0105. The zero-order chi connectivity index (χ0) is 19.7. The molecule has 0 saturated carbocycles. The molecule has 1 amide bonds.